The Balaban J connectivity index is 1.59. The number of piperidine rings is 1. The van der Waals surface area contributed by atoms with Crippen molar-refractivity contribution < 1.29 is 27.9 Å². The fourth-order valence-corrected chi connectivity index (χ4v) is 4.99. The van der Waals surface area contributed by atoms with Crippen molar-refractivity contribution in [1.82, 2.24) is 9.88 Å². The fourth-order valence-electron chi connectivity index (χ4n) is 4.01. The minimum absolute atomic E-state index is 0.0172. The van der Waals surface area contributed by atoms with Crippen molar-refractivity contribution in [2.75, 3.05) is 29.9 Å². The van der Waals surface area contributed by atoms with Crippen molar-refractivity contribution in [3.05, 3.63) is 17.0 Å². The maximum Gasteiger partial charge on any atom is 0.417 e. The third-order valence-corrected chi connectivity index (χ3v) is 6.75. The molecule has 11 heteroatoms. The van der Waals surface area contributed by atoms with E-state index in [-0.39, 0.29) is 33.7 Å². The van der Waals surface area contributed by atoms with Gasteiger partial charge in [0, 0.05) is 38.0 Å². The number of hydrogen-bond donors (Lipinski definition) is 2. The number of carboxylic acid groups (broad SMARTS) is 1. The van der Waals surface area contributed by atoms with Gasteiger partial charge in [-0.2, -0.15) is 13.2 Å². The highest BCUT2D eigenvalue weighted by atomic mass is 32.1. The van der Waals surface area contributed by atoms with Gasteiger partial charge in [0.15, 0.2) is 0 Å². The number of fused-ring (bicyclic) bond motifs is 1. The molecule has 1 saturated carbocycles. The predicted molar refractivity (Wildman–Crippen MR) is 112 cm³/mol. The summed E-state index contributed by atoms with van der Waals surface area (Å²) in [5.41, 5.74) is -0.401. The standard InChI is InChI=1S/C20H23F3N4O3S/c1-11(28)24-15-10-31-18-14(20(21,22)23)8-16(25-17(15)18)26-6-4-13(5-7-26)27(19(29)30)9-12-2-3-12/h8,10,12-13H,2-7,9H2,1H3,(H,24,28)(H,29,30). The molecule has 168 valence electrons. The third-order valence-electron chi connectivity index (χ3n) is 5.75. The van der Waals surface area contributed by atoms with E-state index < -0.39 is 17.8 Å². The van der Waals surface area contributed by atoms with Crippen LogP contribution < -0.4 is 10.2 Å². The Kier molecular flexibility index (Phi) is 5.71. The molecule has 2 aliphatic rings. The first-order valence-corrected chi connectivity index (χ1v) is 11.0. The molecule has 2 N–H and O–H groups in total. The van der Waals surface area contributed by atoms with E-state index in [0.717, 1.165) is 30.2 Å². The van der Waals surface area contributed by atoms with Gasteiger partial charge in [-0.05, 0) is 37.7 Å². The normalized spacial score (nSPS) is 17.7. The minimum Gasteiger partial charge on any atom is -0.465 e. The topological polar surface area (TPSA) is 85.8 Å². The van der Waals surface area contributed by atoms with Crippen LogP contribution in [0, 0.1) is 5.92 Å². The van der Waals surface area contributed by atoms with E-state index in [9.17, 15) is 27.9 Å². The number of thiophene rings is 1. The second kappa shape index (κ2) is 8.18. The molecule has 2 aromatic rings. The van der Waals surface area contributed by atoms with Gasteiger partial charge in [0.2, 0.25) is 5.91 Å². The van der Waals surface area contributed by atoms with E-state index >= 15 is 0 Å². The lowest BCUT2D eigenvalue weighted by Crippen LogP contribution is -2.48. The lowest BCUT2D eigenvalue weighted by atomic mass is 10.0. The Morgan fingerprint density at radius 2 is 1.97 bits per heavy atom. The summed E-state index contributed by atoms with van der Waals surface area (Å²) in [6.45, 7) is 2.64. The molecule has 0 unspecified atom stereocenters. The van der Waals surface area contributed by atoms with Crippen molar-refractivity contribution in [2.24, 2.45) is 5.92 Å². The summed E-state index contributed by atoms with van der Waals surface area (Å²) in [6.07, 6.45) is -2.35. The number of nitrogens with zero attached hydrogens (tertiary/aromatic N) is 3. The summed E-state index contributed by atoms with van der Waals surface area (Å²) in [7, 11) is 0. The Hall–Kier alpha value is -2.56. The largest absolute Gasteiger partial charge is 0.465 e. The van der Waals surface area contributed by atoms with Gasteiger partial charge in [-0.3, -0.25) is 4.79 Å². The van der Waals surface area contributed by atoms with Gasteiger partial charge in [-0.25, -0.2) is 9.78 Å². The lowest BCUT2D eigenvalue weighted by Gasteiger charge is -2.38. The maximum absolute atomic E-state index is 13.7. The summed E-state index contributed by atoms with van der Waals surface area (Å²) < 4.78 is 41.1. The molecule has 1 aliphatic carbocycles. The van der Waals surface area contributed by atoms with Gasteiger partial charge in [0.1, 0.15) is 11.3 Å². The molecule has 4 rings (SSSR count). The van der Waals surface area contributed by atoms with Crippen molar-refractivity contribution in [3.63, 3.8) is 0 Å². The van der Waals surface area contributed by atoms with Crippen molar-refractivity contribution in [2.45, 2.75) is 44.8 Å². The molecule has 31 heavy (non-hydrogen) atoms. The molecule has 2 aromatic heterocycles. The highest BCUT2D eigenvalue weighted by Crippen LogP contribution is 2.42. The third kappa shape index (κ3) is 4.70. The van der Waals surface area contributed by atoms with Gasteiger partial charge >= 0.3 is 12.3 Å². The van der Waals surface area contributed by atoms with Crippen molar-refractivity contribution >= 4 is 45.1 Å². The van der Waals surface area contributed by atoms with Crippen LogP contribution in [0.15, 0.2) is 11.4 Å². The zero-order valence-electron chi connectivity index (χ0n) is 16.9. The Bertz CT molecular complexity index is 997. The van der Waals surface area contributed by atoms with E-state index in [1.165, 1.54) is 17.2 Å². The van der Waals surface area contributed by atoms with E-state index in [0.29, 0.717) is 38.4 Å². The molecular formula is C20H23F3N4O3S. The average Bonchev–Trinajstić information content (AvgIpc) is 3.44. The molecule has 2 fully saturated rings. The maximum atomic E-state index is 13.7. The molecule has 1 aliphatic heterocycles. The number of amides is 2. The summed E-state index contributed by atoms with van der Waals surface area (Å²) in [4.78, 5) is 30.8. The lowest BCUT2D eigenvalue weighted by molar-refractivity contribution is -0.136. The number of anilines is 2. The summed E-state index contributed by atoms with van der Waals surface area (Å²) in [6, 6.07) is 0.909. The molecule has 1 saturated heterocycles. The summed E-state index contributed by atoms with van der Waals surface area (Å²) in [5.74, 6) is 0.233. The van der Waals surface area contributed by atoms with Crippen LogP contribution in [0.25, 0.3) is 10.2 Å². The van der Waals surface area contributed by atoms with E-state index in [1.54, 1.807) is 4.90 Å². The van der Waals surface area contributed by atoms with Crippen LogP contribution in [0.4, 0.5) is 29.5 Å². The van der Waals surface area contributed by atoms with Crippen molar-refractivity contribution in [3.8, 4) is 0 Å². The molecule has 7 nitrogen and oxygen atoms in total. The molecule has 0 spiro atoms. The zero-order valence-corrected chi connectivity index (χ0v) is 17.7. The molecule has 0 radical (unpaired) electrons. The number of aromatic nitrogens is 1. The molecule has 2 amide bonds. The van der Waals surface area contributed by atoms with Gasteiger partial charge in [-0.15, -0.1) is 11.3 Å². The van der Waals surface area contributed by atoms with Crippen LogP contribution in [0.5, 0.6) is 0 Å². The smallest absolute Gasteiger partial charge is 0.417 e. The van der Waals surface area contributed by atoms with E-state index in [2.05, 4.69) is 10.3 Å². The number of pyridine rings is 1. The van der Waals surface area contributed by atoms with Crippen LogP contribution in [-0.2, 0) is 11.0 Å². The number of carbonyl (C=O) groups excluding carboxylic acids is 1. The predicted octanol–water partition coefficient (Wildman–Crippen LogP) is 4.63. The van der Waals surface area contributed by atoms with E-state index in [4.69, 9.17) is 0 Å². The van der Waals surface area contributed by atoms with Gasteiger partial charge in [0.05, 0.1) is 16.0 Å². The number of hydrogen-bond acceptors (Lipinski definition) is 5. The monoisotopic (exact) mass is 456 g/mol. The molecule has 0 aromatic carbocycles. The van der Waals surface area contributed by atoms with Gasteiger partial charge in [0.25, 0.3) is 0 Å². The van der Waals surface area contributed by atoms with Crippen LogP contribution in [0.3, 0.4) is 0 Å². The van der Waals surface area contributed by atoms with Crippen LogP contribution >= 0.6 is 11.3 Å². The zero-order chi connectivity index (χ0) is 22.3. The second-order valence-electron chi connectivity index (χ2n) is 8.13. The number of carbonyl (C=O) groups is 2. The Morgan fingerprint density at radius 1 is 1.29 bits per heavy atom. The van der Waals surface area contributed by atoms with Gasteiger partial charge in [-0.1, -0.05) is 0 Å². The quantitative estimate of drug-likeness (QED) is 0.685. The van der Waals surface area contributed by atoms with Gasteiger partial charge < -0.3 is 20.2 Å². The molecule has 0 bridgehead atoms. The molecular weight excluding hydrogens is 433 g/mol. The van der Waals surface area contributed by atoms with Crippen LogP contribution in [0.2, 0.25) is 0 Å². The summed E-state index contributed by atoms with van der Waals surface area (Å²) in [5, 5.41) is 13.6. The minimum atomic E-state index is -4.56. The average molecular weight is 456 g/mol. The SMILES string of the molecule is CC(=O)Nc1csc2c(C(F)(F)F)cc(N3CCC(N(CC4CC4)C(=O)O)CC3)nc12. The van der Waals surface area contributed by atoms with Crippen LogP contribution in [0.1, 0.15) is 38.2 Å². The highest BCUT2D eigenvalue weighted by molar-refractivity contribution is 7.18. The van der Waals surface area contributed by atoms with Crippen LogP contribution in [-0.4, -0.2) is 52.7 Å². The molecule has 3 heterocycles. The summed E-state index contributed by atoms with van der Waals surface area (Å²) >= 11 is 0.896. The number of nitrogens with one attached hydrogen (secondary N) is 1. The highest BCUT2D eigenvalue weighted by Gasteiger charge is 2.37. The second-order valence-corrected chi connectivity index (χ2v) is 9.01. The van der Waals surface area contributed by atoms with Crippen molar-refractivity contribution in [1.29, 1.82) is 0 Å². The first-order chi connectivity index (χ1) is 14.6. The first-order valence-electron chi connectivity index (χ1n) is 10.1. The number of alkyl halides is 3. The first kappa shape index (κ1) is 21.7. The fraction of sp³-hybridized carbons (Fsp3) is 0.550. The molecule has 0 atom stereocenters. The number of rotatable bonds is 5. The number of halogens is 3. The Labute approximate surface area is 180 Å². The van der Waals surface area contributed by atoms with E-state index in [1.807, 2.05) is 0 Å². The Morgan fingerprint density at radius 3 is 2.52 bits per heavy atom.